The Morgan fingerprint density at radius 1 is 0.622 bits per heavy atom. The molecule has 0 unspecified atom stereocenters. The molecular formula is C38H38N2O5. The largest absolute Gasteiger partial charge is 0.489 e. The van der Waals surface area contributed by atoms with Crippen molar-refractivity contribution in [3.63, 3.8) is 0 Å². The number of aromatic nitrogens is 1. The third-order valence-electron chi connectivity index (χ3n) is 6.71. The van der Waals surface area contributed by atoms with Crippen molar-refractivity contribution in [1.82, 2.24) is 10.3 Å². The van der Waals surface area contributed by atoms with Gasteiger partial charge in [0.05, 0.1) is 0 Å². The van der Waals surface area contributed by atoms with Crippen molar-refractivity contribution >= 4 is 6.09 Å². The predicted molar refractivity (Wildman–Crippen MR) is 175 cm³/mol. The van der Waals surface area contributed by atoms with Crippen LogP contribution in [0.2, 0.25) is 0 Å². The van der Waals surface area contributed by atoms with Gasteiger partial charge in [-0.2, -0.15) is 4.98 Å². The molecule has 5 aromatic rings. The zero-order chi connectivity index (χ0) is 31.5. The van der Waals surface area contributed by atoms with Gasteiger partial charge in [0.25, 0.3) is 0 Å². The number of pyridine rings is 1. The molecule has 0 bridgehead atoms. The van der Waals surface area contributed by atoms with Gasteiger partial charge in [-0.1, -0.05) is 97.1 Å². The third-order valence-corrected chi connectivity index (χ3v) is 6.71. The zero-order valence-electron chi connectivity index (χ0n) is 25.9. The summed E-state index contributed by atoms with van der Waals surface area (Å²) >= 11 is 0. The van der Waals surface area contributed by atoms with Crippen molar-refractivity contribution in [2.24, 2.45) is 0 Å². The van der Waals surface area contributed by atoms with Gasteiger partial charge in [0.2, 0.25) is 11.8 Å². The first-order valence-electron chi connectivity index (χ1n) is 14.9. The minimum absolute atomic E-state index is 0.389. The first kappa shape index (κ1) is 31.1. The maximum absolute atomic E-state index is 11.9. The molecule has 1 heterocycles. The van der Waals surface area contributed by atoms with Crippen molar-refractivity contribution < 1.29 is 23.7 Å². The maximum atomic E-state index is 11.9. The summed E-state index contributed by atoms with van der Waals surface area (Å²) in [6.07, 6.45) is -0.434. The summed E-state index contributed by atoms with van der Waals surface area (Å²) in [5.41, 5.74) is 5.40. The number of benzene rings is 4. The van der Waals surface area contributed by atoms with E-state index < -0.39 is 11.7 Å². The van der Waals surface area contributed by atoms with Crippen LogP contribution in [-0.4, -0.2) is 16.7 Å². The molecule has 0 spiro atoms. The van der Waals surface area contributed by atoms with Crippen molar-refractivity contribution in [3.05, 3.63) is 144 Å². The van der Waals surface area contributed by atoms with Crippen molar-refractivity contribution in [3.8, 4) is 28.6 Å². The zero-order valence-corrected chi connectivity index (χ0v) is 25.9. The molecule has 5 rings (SSSR count). The highest BCUT2D eigenvalue weighted by atomic mass is 16.6. The fourth-order valence-electron chi connectivity index (χ4n) is 4.43. The fraction of sp³-hybridized carbons (Fsp3) is 0.211. The van der Waals surface area contributed by atoms with E-state index in [1.807, 2.05) is 142 Å². The molecule has 0 aliphatic carbocycles. The number of nitrogens with zero attached hydrogens (tertiary/aromatic N) is 1. The number of hydrogen-bond donors (Lipinski definition) is 1. The monoisotopic (exact) mass is 602 g/mol. The molecule has 0 saturated heterocycles. The first-order chi connectivity index (χ1) is 21.8. The van der Waals surface area contributed by atoms with Crippen molar-refractivity contribution in [2.75, 3.05) is 0 Å². The van der Waals surface area contributed by atoms with Gasteiger partial charge in [0.1, 0.15) is 31.2 Å². The Balaban J connectivity index is 1.21. The molecule has 0 aliphatic rings. The Morgan fingerprint density at radius 2 is 1.18 bits per heavy atom. The summed E-state index contributed by atoms with van der Waals surface area (Å²) in [7, 11) is 0. The van der Waals surface area contributed by atoms with Gasteiger partial charge in [-0.3, -0.25) is 0 Å². The van der Waals surface area contributed by atoms with Crippen LogP contribution in [0.3, 0.4) is 0 Å². The lowest BCUT2D eigenvalue weighted by atomic mass is 10.1. The average molecular weight is 603 g/mol. The Bertz CT molecular complexity index is 1650. The van der Waals surface area contributed by atoms with Gasteiger partial charge in [-0.05, 0) is 66.8 Å². The molecule has 0 atom stereocenters. The van der Waals surface area contributed by atoms with E-state index in [-0.39, 0.29) is 0 Å². The molecule has 7 heteroatoms. The normalized spacial score (nSPS) is 11.0. The topological polar surface area (TPSA) is 78.9 Å². The fourth-order valence-corrected chi connectivity index (χ4v) is 4.43. The molecule has 230 valence electrons. The quantitative estimate of drug-likeness (QED) is 0.154. The first-order valence-corrected chi connectivity index (χ1v) is 14.9. The lowest BCUT2D eigenvalue weighted by Gasteiger charge is -2.19. The van der Waals surface area contributed by atoms with Crippen LogP contribution in [-0.2, 0) is 31.1 Å². The Labute approximate surface area is 264 Å². The summed E-state index contributed by atoms with van der Waals surface area (Å²) in [5.74, 6) is 1.74. The second kappa shape index (κ2) is 14.9. The van der Waals surface area contributed by atoms with Crippen molar-refractivity contribution in [1.29, 1.82) is 0 Å². The Kier molecular flexibility index (Phi) is 10.3. The molecule has 0 fully saturated rings. The number of alkyl carbamates (subject to hydrolysis) is 1. The molecule has 1 N–H and O–H groups in total. The molecular weight excluding hydrogens is 564 g/mol. The van der Waals surface area contributed by atoms with Crippen LogP contribution in [0.15, 0.2) is 121 Å². The number of ether oxygens (including phenoxy) is 4. The Morgan fingerprint density at radius 3 is 1.80 bits per heavy atom. The van der Waals surface area contributed by atoms with E-state index in [0.29, 0.717) is 38.1 Å². The number of amides is 1. The standard InChI is InChI=1S/C38H38N2O5/c1-38(2,3)45-37(41)39-24-28-14-16-31(17-15-28)25-42-33-20-18-32(19-21-33)34-22-23-35(43-26-29-10-6-4-7-11-29)40-36(34)44-27-30-12-8-5-9-13-30/h4-23H,24-27H2,1-3H3,(H,39,41). The predicted octanol–water partition coefficient (Wildman–Crippen LogP) is 8.51. The molecule has 1 amide bonds. The molecule has 1 aromatic heterocycles. The van der Waals surface area contributed by atoms with Crippen LogP contribution in [0.5, 0.6) is 17.5 Å². The summed E-state index contributed by atoms with van der Waals surface area (Å²) in [5, 5.41) is 2.77. The highest BCUT2D eigenvalue weighted by Gasteiger charge is 2.16. The van der Waals surface area contributed by atoms with Crippen LogP contribution >= 0.6 is 0 Å². The van der Waals surface area contributed by atoms with E-state index in [9.17, 15) is 4.79 Å². The second-order valence-electron chi connectivity index (χ2n) is 11.5. The highest BCUT2D eigenvalue weighted by molar-refractivity contribution is 5.69. The number of nitrogens with one attached hydrogen (secondary N) is 1. The summed E-state index contributed by atoms with van der Waals surface area (Å²) in [4.78, 5) is 16.6. The number of carbonyl (C=O) groups excluding carboxylic acids is 1. The Hall–Kier alpha value is -5.30. The minimum atomic E-state index is -0.527. The summed E-state index contributed by atoms with van der Waals surface area (Å²) in [6, 6.07) is 39.6. The SMILES string of the molecule is CC(C)(C)OC(=O)NCc1ccc(COc2ccc(-c3ccc(OCc4ccccc4)nc3OCc3ccccc3)cc2)cc1. The van der Waals surface area contributed by atoms with Crippen LogP contribution in [0.25, 0.3) is 11.1 Å². The van der Waals surface area contributed by atoms with E-state index in [1.54, 1.807) is 0 Å². The average Bonchev–Trinajstić information content (AvgIpc) is 3.05. The number of hydrogen-bond acceptors (Lipinski definition) is 6. The van der Waals surface area contributed by atoms with Gasteiger partial charge in [0, 0.05) is 18.2 Å². The number of rotatable bonds is 12. The minimum Gasteiger partial charge on any atom is -0.489 e. The summed E-state index contributed by atoms with van der Waals surface area (Å²) < 4.78 is 23.5. The molecule has 7 nitrogen and oxygen atoms in total. The van der Waals surface area contributed by atoms with E-state index in [1.165, 1.54) is 0 Å². The molecule has 0 radical (unpaired) electrons. The van der Waals surface area contributed by atoms with E-state index in [0.717, 1.165) is 39.1 Å². The van der Waals surface area contributed by atoms with Crippen LogP contribution < -0.4 is 19.5 Å². The van der Waals surface area contributed by atoms with E-state index >= 15 is 0 Å². The van der Waals surface area contributed by atoms with E-state index in [2.05, 4.69) is 5.32 Å². The lowest BCUT2D eigenvalue weighted by Crippen LogP contribution is -2.32. The van der Waals surface area contributed by atoms with Crippen molar-refractivity contribution in [2.45, 2.75) is 52.7 Å². The van der Waals surface area contributed by atoms with Gasteiger partial charge in [-0.15, -0.1) is 0 Å². The van der Waals surface area contributed by atoms with Crippen LogP contribution in [0, 0.1) is 0 Å². The molecule has 0 saturated carbocycles. The third kappa shape index (κ3) is 9.86. The summed E-state index contributed by atoms with van der Waals surface area (Å²) in [6.45, 7) is 7.13. The van der Waals surface area contributed by atoms with E-state index in [4.69, 9.17) is 23.9 Å². The molecule has 45 heavy (non-hydrogen) atoms. The van der Waals surface area contributed by atoms with Crippen LogP contribution in [0.1, 0.15) is 43.0 Å². The van der Waals surface area contributed by atoms with Gasteiger partial charge in [-0.25, -0.2) is 4.79 Å². The van der Waals surface area contributed by atoms with Crippen LogP contribution in [0.4, 0.5) is 4.79 Å². The van der Waals surface area contributed by atoms with Gasteiger partial charge >= 0.3 is 6.09 Å². The number of carbonyl (C=O) groups is 1. The lowest BCUT2D eigenvalue weighted by molar-refractivity contribution is 0.0523. The molecule has 4 aromatic carbocycles. The molecule has 0 aliphatic heterocycles. The maximum Gasteiger partial charge on any atom is 0.407 e. The highest BCUT2D eigenvalue weighted by Crippen LogP contribution is 2.32. The smallest absolute Gasteiger partial charge is 0.407 e. The second-order valence-corrected chi connectivity index (χ2v) is 11.5. The van der Waals surface area contributed by atoms with Gasteiger partial charge in [0.15, 0.2) is 0 Å². The van der Waals surface area contributed by atoms with Gasteiger partial charge < -0.3 is 24.3 Å².